The summed E-state index contributed by atoms with van der Waals surface area (Å²) in [6.45, 7) is 7.16. The molecule has 3 saturated carbocycles. The summed E-state index contributed by atoms with van der Waals surface area (Å²) in [5.41, 5.74) is 6.98. The van der Waals surface area contributed by atoms with Gasteiger partial charge in [0.05, 0.1) is 6.61 Å². The molecule has 3 heteroatoms. The average molecular weight is 295 g/mol. The van der Waals surface area contributed by atoms with Crippen LogP contribution >= 0.6 is 0 Å². The molecule has 3 fully saturated rings. The van der Waals surface area contributed by atoms with Crippen molar-refractivity contribution in [3.63, 3.8) is 0 Å². The summed E-state index contributed by atoms with van der Waals surface area (Å²) in [7, 11) is 0. The maximum atomic E-state index is 11.2. The second kappa shape index (κ2) is 7.13. The van der Waals surface area contributed by atoms with E-state index in [1.165, 1.54) is 32.1 Å². The van der Waals surface area contributed by atoms with Gasteiger partial charge >= 0.3 is 5.97 Å². The van der Waals surface area contributed by atoms with Gasteiger partial charge in [-0.2, -0.15) is 0 Å². The molecular weight excluding hydrogens is 262 g/mol. The lowest BCUT2D eigenvalue weighted by Gasteiger charge is -2.62. The molecule has 4 atom stereocenters. The molecule has 122 valence electrons. The van der Waals surface area contributed by atoms with Crippen molar-refractivity contribution >= 4 is 5.97 Å². The standard InChI is InChI=1S/C18H33NO2/c1-4-21-16(20)10-8-6-5-7-9-13-11-14-12-15(17(13)19)18(14,2)3/h13-15,17H,4-12,19H2,1-3H3/t13-,14-,15-,17+/m0/s1. The number of nitrogens with two attached hydrogens (primary N) is 1. The topological polar surface area (TPSA) is 52.3 Å². The van der Waals surface area contributed by atoms with Crippen LogP contribution in [0.15, 0.2) is 0 Å². The number of hydrogen-bond donors (Lipinski definition) is 1. The molecule has 0 saturated heterocycles. The number of rotatable bonds is 8. The zero-order valence-electron chi connectivity index (χ0n) is 14.1. The van der Waals surface area contributed by atoms with E-state index in [1.54, 1.807) is 0 Å². The molecule has 21 heavy (non-hydrogen) atoms. The number of unbranched alkanes of at least 4 members (excludes halogenated alkanes) is 3. The Morgan fingerprint density at radius 2 is 1.90 bits per heavy atom. The van der Waals surface area contributed by atoms with Gasteiger partial charge in [-0.3, -0.25) is 4.79 Å². The average Bonchev–Trinajstić information content (AvgIpc) is 2.43. The molecule has 0 aromatic rings. The summed E-state index contributed by atoms with van der Waals surface area (Å²) in [6, 6.07) is 0.421. The first-order valence-corrected chi connectivity index (χ1v) is 8.88. The predicted octanol–water partition coefficient (Wildman–Crippen LogP) is 3.90. The van der Waals surface area contributed by atoms with Gasteiger partial charge in [-0.15, -0.1) is 0 Å². The van der Waals surface area contributed by atoms with Crippen LogP contribution in [0.2, 0.25) is 0 Å². The van der Waals surface area contributed by atoms with E-state index in [2.05, 4.69) is 13.8 Å². The Hall–Kier alpha value is -0.570. The molecule has 2 N–H and O–H groups in total. The minimum atomic E-state index is -0.0471. The molecule has 2 bridgehead atoms. The highest BCUT2D eigenvalue weighted by Crippen LogP contribution is 2.60. The fourth-order valence-electron chi connectivity index (χ4n) is 4.53. The normalized spacial score (nSPS) is 33.3. The van der Waals surface area contributed by atoms with Crippen molar-refractivity contribution < 1.29 is 9.53 Å². The van der Waals surface area contributed by atoms with Crippen LogP contribution in [0.25, 0.3) is 0 Å². The lowest BCUT2D eigenvalue weighted by Crippen LogP contribution is -2.61. The van der Waals surface area contributed by atoms with Crippen molar-refractivity contribution in [1.82, 2.24) is 0 Å². The summed E-state index contributed by atoms with van der Waals surface area (Å²) in [5, 5.41) is 0. The maximum absolute atomic E-state index is 11.2. The Morgan fingerprint density at radius 1 is 1.19 bits per heavy atom. The van der Waals surface area contributed by atoms with Gasteiger partial charge in [0.15, 0.2) is 0 Å². The summed E-state index contributed by atoms with van der Waals surface area (Å²) < 4.78 is 4.94. The van der Waals surface area contributed by atoms with Gasteiger partial charge in [0.2, 0.25) is 0 Å². The number of esters is 1. The molecule has 0 unspecified atom stereocenters. The molecule has 0 amide bonds. The fraction of sp³-hybridized carbons (Fsp3) is 0.944. The first-order chi connectivity index (χ1) is 9.96. The van der Waals surface area contributed by atoms with Gasteiger partial charge in [-0.05, 0) is 55.8 Å². The van der Waals surface area contributed by atoms with Gasteiger partial charge < -0.3 is 10.5 Å². The van der Waals surface area contributed by atoms with Crippen LogP contribution < -0.4 is 5.73 Å². The summed E-state index contributed by atoms with van der Waals surface area (Å²) in [5.74, 6) is 2.36. The van der Waals surface area contributed by atoms with E-state index < -0.39 is 0 Å². The van der Waals surface area contributed by atoms with Gasteiger partial charge in [0, 0.05) is 12.5 Å². The van der Waals surface area contributed by atoms with E-state index in [0.717, 1.165) is 30.6 Å². The lowest BCUT2D eigenvalue weighted by atomic mass is 9.45. The van der Waals surface area contributed by atoms with Gasteiger partial charge in [0.25, 0.3) is 0 Å². The molecule has 0 aromatic carbocycles. The molecule has 0 heterocycles. The molecule has 3 aliphatic carbocycles. The molecule has 3 aliphatic rings. The largest absolute Gasteiger partial charge is 0.466 e. The maximum Gasteiger partial charge on any atom is 0.305 e. The minimum Gasteiger partial charge on any atom is -0.466 e. The molecule has 3 rings (SSSR count). The molecule has 0 aromatic heterocycles. The van der Waals surface area contributed by atoms with Crippen LogP contribution in [-0.2, 0) is 9.53 Å². The monoisotopic (exact) mass is 295 g/mol. The Bertz CT molecular complexity index is 353. The first-order valence-electron chi connectivity index (χ1n) is 8.88. The van der Waals surface area contributed by atoms with Gasteiger partial charge in [-0.1, -0.05) is 33.1 Å². The summed E-state index contributed by atoms with van der Waals surface area (Å²) in [4.78, 5) is 11.2. The van der Waals surface area contributed by atoms with Crippen molar-refractivity contribution in [2.24, 2.45) is 28.9 Å². The van der Waals surface area contributed by atoms with Crippen LogP contribution in [-0.4, -0.2) is 18.6 Å². The highest BCUT2D eigenvalue weighted by Gasteiger charge is 2.56. The molecule has 0 aliphatic heterocycles. The van der Waals surface area contributed by atoms with Crippen molar-refractivity contribution in [2.45, 2.75) is 78.2 Å². The van der Waals surface area contributed by atoms with Crippen molar-refractivity contribution in [2.75, 3.05) is 6.61 Å². The SMILES string of the molecule is CCOC(=O)CCCCCC[C@H]1C[C@H]2C[C@@H]([C@@H]1N)C2(C)C. The van der Waals surface area contributed by atoms with Crippen LogP contribution in [0.4, 0.5) is 0 Å². The molecule has 0 spiro atoms. The molecular formula is C18H33NO2. The van der Waals surface area contributed by atoms with E-state index in [-0.39, 0.29) is 5.97 Å². The van der Waals surface area contributed by atoms with Crippen LogP contribution in [0.1, 0.15) is 72.1 Å². The van der Waals surface area contributed by atoms with Crippen LogP contribution in [0.3, 0.4) is 0 Å². The second-order valence-corrected chi connectivity index (χ2v) is 7.69. The third-order valence-corrected chi connectivity index (χ3v) is 6.15. The van der Waals surface area contributed by atoms with E-state index in [9.17, 15) is 4.79 Å². The summed E-state index contributed by atoms with van der Waals surface area (Å²) in [6.07, 6.45) is 9.16. The fourth-order valence-corrected chi connectivity index (χ4v) is 4.53. The Kier molecular flexibility index (Phi) is 5.70. The number of carbonyl (C=O) groups excluding carboxylic acids is 1. The van der Waals surface area contributed by atoms with Crippen LogP contribution in [0, 0.1) is 23.2 Å². The molecule has 0 radical (unpaired) electrons. The smallest absolute Gasteiger partial charge is 0.305 e. The number of fused-ring (bicyclic) bond motifs is 2. The molecule has 3 nitrogen and oxygen atoms in total. The Morgan fingerprint density at radius 3 is 2.52 bits per heavy atom. The predicted molar refractivity (Wildman–Crippen MR) is 85.8 cm³/mol. The summed E-state index contributed by atoms with van der Waals surface area (Å²) >= 11 is 0. The van der Waals surface area contributed by atoms with Crippen LogP contribution in [0.5, 0.6) is 0 Å². The van der Waals surface area contributed by atoms with Crippen molar-refractivity contribution in [1.29, 1.82) is 0 Å². The van der Waals surface area contributed by atoms with E-state index in [1.807, 2.05) is 6.92 Å². The highest BCUT2D eigenvalue weighted by molar-refractivity contribution is 5.69. The van der Waals surface area contributed by atoms with E-state index >= 15 is 0 Å². The van der Waals surface area contributed by atoms with Gasteiger partial charge in [0.1, 0.15) is 0 Å². The van der Waals surface area contributed by atoms with Crippen molar-refractivity contribution in [3.05, 3.63) is 0 Å². The van der Waals surface area contributed by atoms with Gasteiger partial charge in [-0.25, -0.2) is 0 Å². The zero-order valence-corrected chi connectivity index (χ0v) is 14.1. The number of ether oxygens (including phenoxy) is 1. The number of hydrogen-bond acceptors (Lipinski definition) is 3. The minimum absolute atomic E-state index is 0.0471. The third kappa shape index (κ3) is 3.80. The Labute approximate surface area is 130 Å². The Balaban J connectivity index is 1.55. The van der Waals surface area contributed by atoms with Crippen molar-refractivity contribution in [3.8, 4) is 0 Å². The lowest BCUT2D eigenvalue weighted by molar-refractivity contribution is -0.143. The third-order valence-electron chi connectivity index (χ3n) is 6.15. The zero-order chi connectivity index (χ0) is 15.5. The number of carbonyl (C=O) groups is 1. The van der Waals surface area contributed by atoms with E-state index in [4.69, 9.17) is 10.5 Å². The quantitative estimate of drug-likeness (QED) is 0.546. The highest BCUT2D eigenvalue weighted by atomic mass is 16.5. The second-order valence-electron chi connectivity index (χ2n) is 7.69. The van der Waals surface area contributed by atoms with E-state index in [0.29, 0.717) is 24.5 Å². The first kappa shape index (κ1) is 16.8.